The first-order valence-electron chi connectivity index (χ1n) is 9.16. The van der Waals surface area contributed by atoms with Crippen LogP contribution in [0.4, 0.5) is 0 Å². The maximum atomic E-state index is 12.4. The van der Waals surface area contributed by atoms with Crippen molar-refractivity contribution in [2.75, 3.05) is 13.4 Å². The first-order valence-corrected chi connectivity index (χ1v) is 9.16. The third-order valence-corrected chi connectivity index (χ3v) is 4.53. The Morgan fingerprint density at radius 3 is 2.52 bits per heavy atom. The summed E-state index contributed by atoms with van der Waals surface area (Å²) in [6.45, 7) is 4.59. The molecule has 1 amide bonds. The second-order valence-electron chi connectivity index (χ2n) is 6.44. The van der Waals surface area contributed by atoms with Crippen LogP contribution in [0.1, 0.15) is 57.9 Å². The van der Waals surface area contributed by atoms with Gasteiger partial charge < -0.3 is 14.2 Å². The molecule has 0 aliphatic carbocycles. The molecule has 0 bridgehead atoms. The number of fused-ring (bicyclic) bond motifs is 1. The van der Waals surface area contributed by atoms with Gasteiger partial charge in [0.05, 0.1) is 6.04 Å². The van der Waals surface area contributed by atoms with Gasteiger partial charge in [-0.1, -0.05) is 39.5 Å². The van der Waals surface area contributed by atoms with Crippen molar-refractivity contribution in [2.45, 2.75) is 58.4 Å². The number of hydrogen-bond donors (Lipinski definition) is 0. The third-order valence-electron chi connectivity index (χ3n) is 4.53. The summed E-state index contributed by atoms with van der Waals surface area (Å²) in [7, 11) is 0. The van der Waals surface area contributed by atoms with Crippen molar-refractivity contribution in [1.82, 2.24) is 5.01 Å². The van der Waals surface area contributed by atoms with Crippen LogP contribution in [-0.4, -0.2) is 36.3 Å². The zero-order valence-corrected chi connectivity index (χ0v) is 15.0. The number of unbranched alkanes of at least 4 members (excludes halogenated alkanes) is 2. The number of carbonyl (C=O) groups excluding carboxylic acids is 1. The van der Waals surface area contributed by atoms with Gasteiger partial charge >= 0.3 is 0 Å². The summed E-state index contributed by atoms with van der Waals surface area (Å²) in [5.74, 6) is 1.80. The van der Waals surface area contributed by atoms with Crippen LogP contribution >= 0.6 is 0 Å². The fourth-order valence-electron chi connectivity index (χ4n) is 3.10. The van der Waals surface area contributed by atoms with E-state index in [-0.39, 0.29) is 25.3 Å². The Morgan fingerprint density at radius 2 is 1.80 bits per heavy atom. The first kappa shape index (κ1) is 17.6. The third kappa shape index (κ3) is 4.06. The van der Waals surface area contributed by atoms with Crippen molar-refractivity contribution in [3.63, 3.8) is 0 Å². The fourth-order valence-corrected chi connectivity index (χ4v) is 3.10. The van der Waals surface area contributed by atoms with Gasteiger partial charge in [0.1, 0.15) is 0 Å². The molecule has 0 saturated carbocycles. The molecule has 0 atom stereocenters. The van der Waals surface area contributed by atoms with Gasteiger partial charge in [-0.05, 0) is 31.0 Å². The summed E-state index contributed by atoms with van der Waals surface area (Å²) in [5.41, 5.74) is 0.798. The van der Waals surface area contributed by atoms with E-state index < -0.39 is 0 Å². The molecule has 1 aromatic rings. The molecule has 0 radical (unpaired) electrons. The van der Waals surface area contributed by atoms with Gasteiger partial charge in [-0.2, -0.15) is 0 Å². The number of ether oxygens (including phenoxy) is 3. The van der Waals surface area contributed by atoms with Gasteiger partial charge in [-0.15, -0.1) is 5.10 Å². The standard InChI is InChI=1S/C19H26N2O4/c1-3-5-7-15(8-6-4-2)21-18(22)12-23-19(20-21)14-9-10-16-17(11-14)25-13-24-16/h9-11,15H,3-8,12-13H2,1-2H3. The summed E-state index contributed by atoms with van der Waals surface area (Å²) in [6.07, 6.45) is 6.35. The van der Waals surface area contributed by atoms with Crippen molar-refractivity contribution in [3.8, 4) is 11.5 Å². The Bertz CT molecular complexity index is 636. The molecule has 136 valence electrons. The average Bonchev–Trinajstić information content (AvgIpc) is 3.10. The van der Waals surface area contributed by atoms with E-state index in [1.54, 1.807) is 5.01 Å². The minimum Gasteiger partial charge on any atom is -0.466 e. The zero-order valence-electron chi connectivity index (χ0n) is 15.0. The number of benzene rings is 1. The van der Waals surface area contributed by atoms with E-state index in [1.807, 2.05) is 18.2 Å². The molecule has 25 heavy (non-hydrogen) atoms. The van der Waals surface area contributed by atoms with E-state index in [1.165, 1.54) is 0 Å². The number of carbonyl (C=O) groups is 1. The van der Waals surface area contributed by atoms with Crippen molar-refractivity contribution in [3.05, 3.63) is 23.8 Å². The molecule has 0 unspecified atom stereocenters. The van der Waals surface area contributed by atoms with E-state index in [4.69, 9.17) is 14.2 Å². The second-order valence-corrected chi connectivity index (χ2v) is 6.44. The van der Waals surface area contributed by atoms with E-state index in [2.05, 4.69) is 18.9 Å². The molecule has 0 aromatic heterocycles. The Morgan fingerprint density at radius 1 is 1.08 bits per heavy atom. The highest BCUT2D eigenvalue weighted by atomic mass is 16.7. The summed E-state index contributed by atoms with van der Waals surface area (Å²) in [4.78, 5) is 12.4. The highest BCUT2D eigenvalue weighted by Crippen LogP contribution is 2.33. The number of rotatable bonds is 8. The van der Waals surface area contributed by atoms with E-state index >= 15 is 0 Å². The van der Waals surface area contributed by atoms with Crippen LogP contribution < -0.4 is 9.47 Å². The van der Waals surface area contributed by atoms with Crippen LogP contribution in [0.15, 0.2) is 23.3 Å². The molecule has 0 fully saturated rings. The molecular formula is C19H26N2O4. The van der Waals surface area contributed by atoms with E-state index in [0.29, 0.717) is 11.6 Å². The Labute approximate surface area is 148 Å². The van der Waals surface area contributed by atoms with Crippen LogP contribution in [0.25, 0.3) is 0 Å². The van der Waals surface area contributed by atoms with Crippen LogP contribution in [0.2, 0.25) is 0 Å². The van der Waals surface area contributed by atoms with Gasteiger partial charge in [0.2, 0.25) is 12.7 Å². The second kappa shape index (κ2) is 8.23. The fraction of sp³-hybridized carbons (Fsp3) is 0.579. The molecule has 2 aliphatic heterocycles. The summed E-state index contributed by atoms with van der Waals surface area (Å²) < 4.78 is 16.3. The van der Waals surface area contributed by atoms with Crippen LogP contribution in [0.3, 0.4) is 0 Å². The molecule has 1 aromatic carbocycles. The topological polar surface area (TPSA) is 60.4 Å². The SMILES string of the molecule is CCCCC(CCCC)N1N=C(c2ccc3c(c2)OCO3)OCC1=O. The van der Waals surface area contributed by atoms with Gasteiger partial charge in [-0.25, -0.2) is 5.01 Å². The minimum absolute atomic E-state index is 0.0298. The molecular weight excluding hydrogens is 320 g/mol. The lowest BCUT2D eigenvalue weighted by molar-refractivity contribution is -0.138. The van der Waals surface area contributed by atoms with Gasteiger partial charge in [0, 0.05) is 5.56 Å². The van der Waals surface area contributed by atoms with Crippen LogP contribution in [0.5, 0.6) is 11.5 Å². The minimum atomic E-state index is -0.0679. The van der Waals surface area contributed by atoms with Crippen molar-refractivity contribution >= 4 is 11.8 Å². The molecule has 6 nitrogen and oxygen atoms in total. The summed E-state index contributed by atoms with van der Waals surface area (Å²) in [6, 6.07) is 5.71. The average molecular weight is 346 g/mol. The van der Waals surface area contributed by atoms with E-state index in [9.17, 15) is 4.79 Å². The quantitative estimate of drug-likeness (QED) is 0.720. The van der Waals surface area contributed by atoms with Crippen molar-refractivity contribution in [1.29, 1.82) is 0 Å². The Hall–Kier alpha value is -2.24. The monoisotopic (exact) mass is 346 g/mol. The van der Waals surface area contributed by atoms with Crippen molar-refractivity contribution in [2.24, 2.45) is 5.10 Å². The highest BCUT2D eigenvalue weighted by molar-refractivity contribution is 5.98. The highest BCUT2D eigenvalue weighted by Gasteiger charge is 2.29. The first-order chi connectivity index (χ1) is 12.2. The van der Waals surface area contributed by atoms with E-state index in [0.717, 1.165) is 49.8 Å². The molecule has 0 saturated heterocycles. The molecule has 6 heteroatoms. The molecule has 2 aliphatic rings. The summed E-state index contributed by atoms with van der Waals surface area (Å²) in [5, 5.41) is 6.19. The van der Waals surface area contributed by atoms with Gasteiger partial charge in [0.15, 0.2) is 18.1 Å². The lowest BCUT2D eigenvalue weighted by Crippen LogP contribution is -2.43. The Balaban J connectivity index is 1.82. The van der Waals surface area contributed by atoms with Crippen LogP contribution in [0, 0.1) is 0 Å². The maximum Gasteiger partial charge on any atom is 0.280 e. The summed E-state index contributed by atoms with van der Waals surface area (Å²) >= 11 is 0. The Kier molecular flexibility index (Phi) is 5.79. The van der Waals surface area contributed by atoms with Crippen LogP contribution in [-0.2, 0) is 9.53 Å². The maximum absolute atomic E-state index is 12.4. The lowest BCUT2D eigenvalue weighted by atomic mass is 10.0. The number of nitrogens with zero attached hydrogens (tertiary/aromatic N) is 2. The predicted molar refractivity (Wildman–Crippen MR) is 94.7 cm³/mol. The zero-order chi connectivity index (χ0) is 17.6. The predicted octanol–water partition coefficient (Wildman–Crippen LogP) is 3.68. The largest absolute Gasteiger partial charge is 0.466 e. The molecule has 0 spiro atoms. The number of hydrazone groups is 1. The molecule has 0 N–H and O–H groups in total. The number of hydrogen-bond acceptors (Lipinski definition) is 5. The van der Waals surface area contributed by atoms with Gasteiger partial charge in [0.25, 0.3) is 5.91 Å². The number of amides is 1. The lowest BCUT2D eigenvalue weighted by Gasteiger charge is -2.31. The molecule has 2 heterocycles. The smallest absolute Gasteiger partial charge is 0.280 e. The normalized spacial score (nSPS) is 16.2. The van der Waals surface area contributed by atoms with Crippen molar-refractivity contribution < 1.29 is 19.0 Å². The molecule has 3 rings (SSSR count). The van der Waals surface area contributed by atoms with Gasteiger partial charge in [-0.3, -0.25) is 4.79 Å².